The van der Waals surface area contributed by atoms with Crippen LogP contribution in [0.3, 0.4) is 0 Å². The van der Waals surface area contributed by atoms with Crippen LogP contribution in [0.1, 0.15) is 27.6 Å². The highest BCUT2D eigenvalue weighted by atomic mass is 32.1. The number of hydrazine groups is 1. The van der Waals surface area contributed by atoms with E-state index in [1.54, 1.807) is 17.4 Å². The Morgan fingerprint density at radius 1 is 1.14 bits per heavy atom. The number of halogens is 1. The summed E-state index contributed by atoms with van der Waals surface area (Å²) < 4.78 is 14.4. The van der Waals surface area contributed by atoms with E-state index in [1.165, 1.54) is 17.2 Å². The first-order valence-corrected chi connectivity index (χ1v) is 7.63. The van der Waals surface area contributed by atoms with Crippen LogP contribution in [0.5, 0.6) is 0 Å². The van der Waals surface area contributed by atoms with Crippen LogP contribution in [0.25, 0.3) is 10.1 Å². The minimum atomic E-state index is -0.212. The predicted octanol–water partition coefficient (Wildman–Crippen LogP) is 4.21. The molecule has 0 aliphatic heterocycles. The molecule has 0 spiro atoms. The molecule has 21 heavy (non-hydrogen) atoms. The monoisotopic (exact) mass is 300 g/mol. The molecule has 1 aromatic heterocycles. The van der Waals surface area contributed by atoms with E-state index in [9.17, 15) is 4.39 Å². The van der Waals surface area contributed by atoms with Crippen LogP contribution >= 0.6 is 11.3 Å². The molecular weight excluding hydrogens is 283 g/mol. The molecule has 4 heteroatoms. The van der Waals surface area contributed by atoms with Gasteiger partial charge in [0, 0.05) is 9.58 Å². The van der Waals surface area contributed by atoms with Crippen molar-refractivity contribution in [2.45, 2.75) is 19.9 Å². The summed E-state index contributed by atoms with van der Waals surface area (Å²) in [6.45, 7) is 4.19. The molecule has 0 saturated heterocycles. The number of hydrogen-bond acceptors (Lipinski definition) is 3. The van der Waals surface area contributed by atoms with Crippen LogP contribution in [0.4, 0.5) is 4.39 Å². The number of hydrogen-bond donors (Lipinski definition) is 2. The van der Waals surface area contributed by atoms with E-state index in [2.05, 4.69) is 31.4 Å². The number of rotatable bonds is 3. The summed E-state index contributed by atoms with van der Waals surface area (Å²) in [7, 11) is 0. The molecule has 3 rings (SSSR count). The molecule has 1 heterocycles. The van der Waals surface area contributed by atoms with Crippen molar-refractivity contribution in [3.05, 3.63) is 69.8 Å². The van der Waals surface area contributed by atoms with Crippen LogP contribution < -0.4 is 11.3 Å². The van der Waals surface area contributed by atoms with Crippen molar-refractivity contribution in [3.63, 3.8) is 0 Å². The summed E-state index contributed by atoms with van der Waals surface area (Å²) >= 11 is 1.64. The number of nitrogens with two attached hydrogens (primary N) is 1. The summed E-state index contributed by atoms with van der Waals surface area (Å²) in [5, 5.41) is 0.917. The fourth-order valence-corrected chi connectivity index (χ4v) is 3.71. The number of fused-ring (bicyclic) bond motifs is 1. The summed E-state index contributed by atoms with van der Waals surface area (Å²) in [6.07, 6.45) is 0. The molecule has 0 aliphatic rings. The Morgan fingerprint density at radius 3 is 2.71 bits per heavy atom. The van der Waals surface area contributed by atoms with Crippen LogP contribution in [0, 0.1) is 19.7 Å². The lowest BCUT2D eigenvalue weighted by molar-refractivity contribution is 0.629. The van der Waals surface area contributed by atoms with Crippen molar-refractivity contribution in [2.24, 2.45) is 5.84 Å². The average Bonchev–Trinajstić information content (AvgIpc) is 2.87. The Balaban J connectivity index is 2.11. The lowest BCUT2D eigenvalue weighted by Crippen LogP contribution is -2.28. The third kappa shape index (κ3) is 2.58. The lowest BCUT2D eigenvalue weighted by Gasteiger charge is -2.18. The Kier molecular flexibility index (Phi) is 3.76. The average molecular weight is 300 g/mol. The van der Waals surface area contributed by atoms with Gasteiger partial charge in [-0.3, -0.25) is 5.84 Å². The van der Waals surface area contributed by atoms with Gasteiger partial charge >= 0.3 is 0 Å². The smallest absolute Gasteiger partial charge is 0.123 e. The van der Waals surface area contributed by atoms with Gasteiger partial charge in [0.1, 0.15) is 5.82 Å². The largest absolute Gasteiger partial charge is 0.271 e. The van der Waals surface area contributed by atoms with Crippen molar-refractivity contribution >= 4 is 21.4 Å². The minimum absolute atomic E-state index is 0.0784. The standard InChI is InChI=1S/C17H17FN2S/c1-10-4-3-5-14(11(10)2)17(20-19)16-9-12-8-13(18)6-7-15(12)21-16/h3-9,17,20H,19H2,1-2H3. The Morgan fingerprint density at radius 2 is 1.95 bits per heavy atom. The Labute approximate surface area is 127 Å². The number of thiophene rings is 1. The molecule has 3 aromatic rings. The Hall–Kier alpha value is -1.75. The highest BCUT2D eigenvalue weighted by Gasteiger charge is 2.18. The molecule has 0 amide bonds. The molecule has 0 radical (unpaired) electrons. The Bertz CT molecular complexity index is 795. The molecule has 2 aromatic carbocycles. The second kappa shape index (κ2) is 5.56. The van der Waals surface area contributed by atoms with E-state index >= 15 is 0 Å². The van der Waals surface area contributed by atoms with E-state index < -0.39 is 0 Å². The predicted molar refractivity (Wildman–Crippen MR) is 86.9 cm³/mol. The topological polar surface area (TPSA) is 38.0 Å². The third-order valence-electron chi connectivity index (χ3n) is 3.91. The lowest BCUT2D eigenvalue weighted by atomic mass is 9.97. The number of aryl methyl sites for hydroxylation is 1. The van der Waals surface area contributed by atoms with Crippen molar-refractivity contribution in [2.75, 3.05) is 0 Å². The van der Waals surface area contributed by atoms with Gasteiger partial charge in [-0.25, -0.2) is 9.82 Å². The molecule has 1 atom stereocenters. The quantitative estimate of drug-likeness (QED) is 0.561. The van der Waals surface area contributed by atoms with E-state index in [0.29, 0.717) is 0 Å². The SMILES string of the molecule is Cc1cccc(C(NN)c2cc3cc(F)ccc3s2)c1C. The molecule has 1 unspecified atom stereocenters. The normalized spacial score (nSPS) is 12.8. The van der Waals surface area contributed by atoms with Crippen molar-refractivity contribution in [1.29, 1.82) is 0 Å². The highest BCUT2D eigenvalue weighted by molar-refractivity contribution is 7.19. The van der Waals surface area contributed by atoms with Gasteiger partial charge in [0.05, 0.1) is 6.04 Å². The van der Waals surface area contributed by atoms with Crippen molar-refractivity contribution in [3.8, 4) is 0 Å². The second-order valence-electron chi connectivity index (χ2n) is 5.22. The molecule has 2 nitrogen and oxygen atoms in total. The number of benzene rings is 2. The minimum Gasteiger partial charge on any atom is -0.271 e. The first kappa shape index (κ1) is 14.2. The molecule has 0 saturated carbocycles. The van der Waals surface area contributed by atoms with Crippen LogP contribution in [0.15, 0.2) is 42.5 Å². The zero-order valence-corrected chi connectivity index (χ0v) is 12.8. The van der Waals surface area contributed by atoms with Gasteiger partial charge in [0.25, 0.3) is 0 Å². The molecule has 0 bridgehead atoms. The van der Waals surface area contributed by atoms with Crippen molar-refractivity contribution < 1.29 is 4.39 Å². The maximum absolute atomic E-state index is 13.3. The van der Waals surface area contributed by atoms with Crippen LogP contribution in [0.2, 0.25) is 0 Å². The van der Waals surface area contributed by atoms with Gasteiger partial charge in [-0.05, 0) is 60.2 Å². The van der Waals surface area contributed by atoms with Gasteiger partial charge < -0.3 is 0 Å². The van der Waals surface area contributed by atoms with E-state index in [0.717, 1.165) is 20.5 Å². The second-order valence-corrected chi connectivity index (χ2v) is 6.34. The van der Waals surface area contributed by atoms with Gasteiger partial charge in [-0.1, -0.05) is 18.2 Å². The highest BCUT2D eigenvalue weighted by Crippen LogP contribution is 2.34. The molecular formula is C17H17FN2S. The summed E-state index contributed by atoms with van der Waals surface area (Å²) in [6, 6.07) is 13.0. The van der Waals surface area contributed by atoms with E-state index in [1.807, 2.05) is 18.2 Å². The van der Waals surface area contributed by atoms with Gasteiger partial charge in [-0.15, -0.1) is 11.3 Å². The van der Waals surface area contributed by atoms with Crippen molar-refractivity contribution in [1.82, 2.24) is 5.43 Å². The van der Waals surface area contributed by atoms with Gasteiger partial charge in [0.15, 0.2) is 0 Å². The van der Waals surface area contributed by atoms with Gasteiger partial charge in [0.2, 0.25) is 0 Å². The van der Waals surface area contributed by atoms with Crippen LogP contribution in [-0.2, 0) is 0 Å². The summed E-state index contributed by atoms with van der Waals surface area (Å²) in [5.74, 6) is 5.58. The van der Waals surface area contributed by atoms with E-state index in [4.69, 9.17) is 5.84 Å². The first-order valence-electron chi connectivity index (χ1n) is 6.81. The number of nitrogens with one attached hydrogen (secondary N) is 1. The fraction of sp³-hybridized carbons (Fsp3) is 0.176. The fourth-order valence-electron chi connectivity index (χ4n) is 2.59. The molecule has 0 fully saturated rings. The zero-order chi connectivity index (χ0) is 15.0. The van der Waals surface area contributed by atoms with E-state index in [-0.39, 0.29) is 11.9 Å². The van der Waals surface area contributed by atoms with Crippen LogP contribution in [-0.4, -0.2) is 0 Å². The summed E-state index contributed by atoms with van der Waals surface area (Å²) in [4.78, 5) is 1.09. The molecule has 108 valence electrons. The molecule has 3 N–H and O–H groups in total. The maximum Gasteiger partial charge on any atom is 0.123 e. The first-order chi connectivity index (χ1) is 10.1. The molecule has 0 aliphatic carbocycles. The third-order valence-corrected chi connectivity index (χ3v) is 5.09. The zero-order valence-electron chi connectivity index (χ0n) is 12.0. The van der Waals surface area contributed by atoms with Gasteiger partial charge in [-0.2, -0.15) is 0 Å². The summed E-state index contributed by atoms with van der Waals surface area (Å²) in [5.41, 5.74) is 6.51. The maximum atomic E-state index is 13.3.